The van der Waals surface area contributed by atoms with Gasteiger partial charge in [-0.25, -0.2) is 9.59 Å². The predicted molar refractivity (Wildman–Crippen MR) is 110 cm³/mol. The van der Waals surface area contributed by atoms with E-state index in [4.69, 9.17) is 9.47 Å². The first kappa shape index (κ1) is 21.8. The SMILES string of the molecule is CC(=O)Nc1ccn([C@@H]2CS[C@H](C(=O)O[C@@H]3C[C@H](C)CC[C@H]3C(C)C)O2)c(=O)n1. The topological polar surface area (TPSA) is 99.5 Å². The average Bonchev–Trinajstić information content (AvgIpc) is 3.11. The minimum atomic E-state index is -0.757. The summed E-state index contributed by atoms with van der Waals surface area (Å²) in [4.78, 5) is 39.9. The molecule has 1 aromatic heterocycles. The number of nitrogens with zero attached hydrogens (tertiary/aromatic N) is 2. The number of esters is 1. The molecule has 9 heteroatoms. The Labute approximate surface area is 174 Å². The maximum atomic E-state index is 12.7. The fourth-order valence-electron chi connectivity index (χ4n) is 4.00. The second-order valence-electron chi connectivity index (χ2n) is 8.24. The third kappa shape index (κ3) is 5.39. The van der Waals surface area contributed by atoms with Gasteiger partial charge in [-0.15, -0.1) is 11.8 Å². The van der Waals surface area contributed by atoms with Crippen LogP contribution in [0.25, 0.3) is 0 Å². The first-order valence-electron chi connectivity index (χ1n) is 10.1. The van der Waals surface area contributed by atoms with Gasteiger partial charge in [-0.3, -0.25) is 9.36 Å². The zero-order valence-electron chi connectivity index (χ0n) is 17.3. The van der Waals surface area contributed by atoms with E-state index < -0.39 is 17.4 Å². The van der Waals surface area contributed by atoms with Crippen LogP contribution in [0.5, 0.6) is 0 Å². The van der Waals surface area contributed by atoms with Gasteiger partial charge in [0.1, 0.15) is 18.1 Å². The molecule has 1 saturated heterocycles. The van der Waals surface area contributed by atoms with Crippen molar-refractivity contribution in [2.45, 2.75) is 64.7 Å². The van der Waals surface area contributed by atoms with Crippen molar-refractivity contribution in [2.75, 3.05) is 11.1 Å². The Balaban J connectivity index is 1.62. The Hall–Kier alpha value is -1.87. The molecule has 1 aromatic rings. The number of thioether (sulfide) groups is 1. The van der Waals surface area contributed by atoms with Crippen LogP contribution in [0.4, 0.5) is 5.82 Å². The summed E-state index contributed by atoms with van der Waals surface area (Å²) >= 11 is 1.32. The molecule has 1 aliphatic carbocycles. The highest BCUT2D eigenvalue weighted by Gasteiger charge is 2.39. The van der Waals surface area contributed by atoms with Crippen LogP contribution < -0.4 is 11.0 Å². The van der Waals surface area contributed by atoms with Crippen LogP contribution in [0.2, 0.25) is 0 Å². The number of carbonyl (C=O) groups excluding carboxylic acids is 2. The molecule has 0 spiro atoms. The minimum Gasteiger partial charge on any atom is -0.459 e. The third-order valence-corrected chi connectivity index (χ3v) is 6.62. The van der Waals surface area contributed by atoms with Crippen LogP contribution in [0.3, 0.4) is 0 Å². The molecule has 5 atom stereocenters. The molecule has 0 bridgehead atoms. The standard InChI is InChI=1S/C20H29N3O5S/c1-11(2)14-6-5-12(3)9-15(14)27-18(25)19-28-17(10-29-19)23-8-7-16(21-13(4)24)22-20(23)26/h7-8,11-12,14-15,17,19H,5-6,9-10H2,1-4H3,(H,21,22,24,26)/t12-,14+,15-,17+,19-/m1/s1. The number of amides is 1. The fourth-order valence-corrected chi connectivity index (χ4v) is 4.97. The zero-order chi connectivity index (χ0) is 21.1. The second kappa shape index (κ2) is 9.30. The summed E-state index contributed by atoms with van der Waals surface area (Å²) in [7, 11) is 0. The summed E-state index contributed by atoms with van der Waals surface area (Å²) < 4.78 is 13.0. The molecule has 0 radical (unpaired) electrons. The molecule has 0 unspecified atom stereocenters. The smallest absolute Gasteiger partial charge is 0.351 e. The molecule has 1 N–H and O–H groups in total. The molecule has 160 valence electrons. The average molecular weight is 424 g/mol. The Morgan fingerprint density at radius 3 is 2.79 bits per heavy atom. The third-order valence-electron chi connectivity index (χ3n) is 5.54. The van der Waals surface area contributed by atoms with E-state index >= 15 is 0 Å². The number of anilines is 1. The van der Waals surface area contributed by atoms with Gasteiger partial charge in [0.05, 0.1) is 0 Å². The van der Waals surface area contributed by atoms with Crippen molar-refractivity contribution in [1.29, 1.82) is 0 Å². The summed E-state index contributed by atoms with van der Waals surface area (Å²) in [5.41, 5.74) is -1.30. The number of carbonyl (C=O) groups is 2. The van der Waals surface area contributed by atoms with Gasteiger partial charge in [0, 0.05) is 18.9 Å². The van der Waals surface area contributed by atoms with Crippen LogP contribution in [0.1, 0.15) is 53.2 Å². The summed E-state index contributed by atoms with van der Waals surface area (Å²) in [6.07, 6.45) is 3.93. The van der Waals surface area contributed by atoms with Crippen molar-refractivity contribution < 1.29 is 19.1 Å². The lowest BCUT2D eigenvalue weighted by atomic mass is 9.75. The van der Waals surface area contributed by atoms with Gasteiger partial charge in [0.2, 0.25) is 11.3 Å². The molecule has 1 aliphatic heterocycles. The zero-order valence-corrected chi connectivity index (χ0v) is 18.1. The van der Waals surface area contributed by atoms with Crippen molar-refractivity contribution in [3.63, 3.8) is 0 Å². The van der Waals surface area contributed by atoms with Crippen molar-refractivity contribution >= 4 is 29.5 Å². The fraction of sp³-hybridized carbons (Fsp3) is 0.700. The highest BCUT2D eigenvalue weighted by Crippen LogP contribution is 2.37. The number of hydrogen-bond acceptors (Lipinski definition) is 7. The number of ether oxygens (including phenoxy) is 2. The van der Waals surface area contributed by atoms with E-state index in [1.54, 1.807) is 0 Å². The summed E-state index contributed by atoms with van der Waals surface area (Å²) in [6.45, 7) is 7.88. The maximum Gasteiger partial charge on any atom is 0.351 e. The monoisotopic (exact) mass is 423 g/mol. The molecule has 3 rings (SSSR count). The Morgan fingerprint density at radius 2 is 2.14 bits per heavy atom. The van der Waals surface area contributed by atoms with Gasteiger partial charge < -0.3 is 14.8 Å². The van der Waals surface area contributed by atoms with Gasteiger partial charge in [0.15, 0.2) is 0 Å². The predicted octanol–water partition coefficient (Wildman–Crippen LogP) is 2.79. The lowest BCUT2D eigenvalue weighted by Crippen LogP contribution is -2.38. The molecular formula is C20H29N3O5S. The van der Waals surface area contributed by atoms with Crippen molar-refractivity contribution in [1.82, 2.24) is 9.55 Å². The molecule has 2 heterocycles. The van der Waals surface area contributed by atoms with Gasteiger partial charge in [-0.2, -0.15) is 4.98 Å². The number of aromatic nitrogens is 2. The van der Waals surface area contributed by atoms with Gasteiger partial charge in [0.25, 0.3) is 0 Å². The molecule has 1 saturated carbocycles. The number of nitrogens with one attached hydrogen (secondary N) is 1. The number of rotatable bonds is 5. The quantitative estimate of drug-likeness (QED) is 0.727. The van der Waals surface area contributed by atoms with E-state index in [2.05, 4.69) is 31.1 Å². The molecular weight excluding hydrogens is 394 g/mol. The van der Waals surface area contributed by atoms with Crippen LogP contribution >= 0.6 is 11.8 Å². The summed E-state index contributed by atoms with van der Waals surface area (Å²) in [5, 5.41) is 2.47. The lowest BCUT2D eigenvalue weighted by molar-refractivity contribution is -0.166. The maximum absolute atomic E-state index is 12.7. The first-order chi connectivity index (χ1) is 13.7. The van der Waals surface area contributed by atoms with Crippen molar-refractivity contribution in [3.05, 3.63) is 22.7 Å². The number of hydrogen-bond donors (Lipinski definition) is 1. The second-order valence-corrected chi connectivity index (χ2v) is 9.34. The molecule has 1 amide bonds. The van der Waals surface area contributed by atoms with Crippen LogP contribution in [-0.2, 0) is 19.1 Å². The van der Waals surface area contributed by atoms with E-state index in [9.17, 15) is 14.4 Å². The van der Waals surface area contributed by atoms with Crippen LogP contribution in [0, 0.1) is 17.8 Å². The van der Waals surface area contributed by atoms with Gasteiger partial charge >= 0.3 is 11.7 Å². The van der Waals surface area contributed by atoms with E-state index in [0.29, 0.717) is 23.5 Å². The van der Waals surface area contributed by atoms with Crippen LogP contribution in [-0.4, -0.2) is 38.7 Å². The van der Waals surface area contributed by atoms with Crippen molar-refractivity contribution in [2.24, 2.45) is 17.8 Å². The first-order valence-corrected chi connectivity index (χ1v) is 11.1. The largest absolute Gasteiger partial charge is 0.459 e. The molecule has 29 heavy (non-hydrogen) atoms. The van der Waals surface area contributed by atoms with Gasteiger partial charge in [-0.05, 0) is 36.7 Å². The minimum absolute atomic E-state index is 0.0872. The highest BCUT2D eigenvalue weighted by molar-refractivity contribution is 8.00. The lowest BCUT2D eigenvalue weighted by Gasteiger charge is -2.37. The molecule has 0 aromatic carbocycles. The van der Waals surface area contributed by atoms with E-state index in [1.165, 1.54) is 35.5 Å². The van der Waals surface area contributed by atoms with Crippen LogP contribution in [0.15, 0.2) is 17.1 Å². The van der Waals surface area contributed by atoms with Gasteiger partial charge in [-0.1, -0.05) is 27.2 Å². The van der Waals surface area contributed by atoms with E-state index in [1.807, 2.05) is 0 Å². The molecule has 8 nitrogen and oxygen atoms in total. The van der Waals surface area contributed by atoms with E-state index in [0.717, 1.165) is 19.3 Å². The Morgan fingerprint density at radius 1 is 1.38 bits per heavy atom. The summed E-state index contributed by atoms with van der Waals surface area (Å²) in [5.74, 6) is 1.31. The normalized spacial score (nSPS) is 29.6. The highest BCUT2D eigenvalue weighted by atomic mass is 32.2. The Kier molecular flexibility index (Phi) is 7.00. The van der Waals surface area contributed by atoms with Crippen molar-refractivity contribution in [3.8, 4) is 0 Å². The molecule has 2 aliphatic rings. The Bertz CT molecular complexity index is 812. The summed E-state index contributed by atoms with van der Waals surface area (Å²) in [6, 6.07) is 1.53. The molecule has 2 fully saturated rings. The van der Waals surface area contributed by atoms with E-state index in [-0.39, 0.29) is 23.8 Å².